The number of nitrogens with two attached hydrogens (primary N) is 2. The molecule has 0 radical (unpaired) electrons. The van der Waals surface area contributed by atoms with Crippen molar-refractivity contribution in [2.75, 3.05) is 12.8 Å². The van der Waals surface area contributed by atoms with Gasteiger partial charge in [-0.3, -0.25) is 0 Å². The number of rotatable bonds is 7. The van der Waals surface area contributed by atoms with Crippen molar-refractivity contribution in [3.63, 3.8) is 0 Å². The highest BCUT2D eigenvalue weighted by Gasteiger charge is 2.24. The van der Waals surface area contributed by atoms with E-state index in [-0.39, 0.29) is 5.25 Å². The Balaban J connectivity index is 4.12. The number of hydrogen-bond donors (Lipinski definition) is 2. The van der Waals surface area contributed by atoms with Crippen molar-refractivity contribution in [2.45, 2.75) is 50.5 Å². The Hall–Kier alpha value is -0.440. The summed E-state index contributed by atoms with van der Waals surface area (Å²) >= 11 is 0. The molecule has 8 heteroatoms. The summed E-state index contributed by atoms with van der Waals surface area (Å²) in [7, 11) is 3.26. The molecule has 6 nitrogen and oxygen atoms in total. The van der Waals surface area contributed by atoms with Crippen LogP contribution in [0.4, 0.5) is 4.79 Å². The minimum Gasteiger partial charge on any atom is -0.428 e. The minimum absolute atomic E-state index is 0.227. The summed E-state index contributed by atoms with van der Waals surface area (Å²) in [6, 6.07) is -0.848. The zero-order valence-corrected chi connectivity index (χ0v) is 14.0. The zero-order valence-electron chi connectivity index (χ0n) is 12.4. The van der Waals surface area contributed by atoms with Crippen LogP contribution in [0.5, 0.6) is 0 Å². The SMILES string of the molecule is CSS[C@H](CN)CC[C@H](N)C(=O)OC(=O)OC(C)(C)C. The van der Waals surface area contributed by atoms with Gasteiger partial charge in [0.1, 0.15) is 11.6 Å². The molecule has 0 aromatic heterocycles. The molecule has 20 heavy (non-hydrogen) atoms. The van der Waals surface area contributed by atoms with Gasteiger partial charge in [0.15, 0.2) is 0 Å². The monoisotopic (exact) mass is 324 g/mol. The molecule has 0 spiro atoms. The molecule has 0 aliphatic heterocycles. The minimum atomic E-state index is -1.02. The molecule has 0 aromatic carbocycles. The molecule has 0 aromatic rings. The molecule has 0 amide bonds. The van der Waals surface area contributed by atoms with E-state index < -0.39 is 23.8 Å². The number of carbonyl (C=O) groups is 2. The highest BCUT2D eigenvalue weighted by atomic mass is 33.1. The van der Waals surface area contributed by atoms with Crippen LogP contribution in [0.1, 0.15) is 33.6 Å². The molecule has 0 rings (SSSR count). The summed E-state index contributed by atoms with van der Waals surface area (Å²) in [6.45, 7) is 5.57. The van der Waals surface area contributed by atoms with Crippen LogP contribution < -0.4 is 11.5 Å². The fraction of sp³-hybridized carbons (Fsp3) is 0.833. The second-order valence-corrected chi connectivity index (χ2v) is 7.96. The van der Waals surface area contributed by atoms with Crippen molar-refractivity contribution in [2.24, 2.45) is 11.5 Å². The normalized spacial score (nSPS) is 14.5. The van der Waals surface area contributed by atoms with E-state index in [2.05, 4.69) is 4.74 Å². The molecule has 0 unspecified atom stereocenters. The summed E-state index contributed by atoms with van der Waals surface area (Å²) in [5.74, 6) is -0.774. The zero-order chi connectivity index (χ0) is 15.8. The Kier molecular flexibility index (Phi) is 9.28. The van der Waals surface area contributed by atoms with Crippen LogP contribution >= 0.6 is 21.6 Å². The second-order valence-electron chi connectivity index (χ2n) is 5.19. The van der Waals surface area contributed by atoms with Crippen LogP contribution in [0.3, 0.4) is 0 Å². The van der Waals surface area contributed by atoms with Gasteiger partial charge in [0.25, 0.3) is 0 Å². The van der Waals surface area contributed by atoms with Gasteiger partial charge in [-0.15, -0.1) is 0 Å². The Morgan fingerprint density at radius 2 is 1.85 bits per heavy atom. The summed E-state index contributed by atoms with van der Waals surface area (Å²) in [5.41, 5.74) is 10.6. The average molecular weight is 324 g/mol. The smallest absolute Gasteiger partial charge is 0.428 e. The molecule has 118 valence electrons. The Morgan fingerprint density at radius 1 is 1.25 bits per heavy atom. The lowest BCUT2D eigenvalue weighted by atomic mass is 10.1. The molecule has 0 aliphatic rings. The van der Waals surface area contributed by atoms with Crippen molar-refractivity contribution in [3.8, 4) is 0 Å². The first-order valence-electron chi connectivity index (χ1n) is 6.29. The van der Waals surface area contributed by atoms with E-state index in [1.165, 1.54) is 0 Å². The van der Waals surface area contributed by atoms with Gasteiger partial charge in [-0.1, -0.05) is 21.6 Å². The first kappa shape index (κ1) is 19.6. The van der Waals surface area contributed by atoms with Gasteiger partial charge in [0, 0.05) is 11.8 Å². The molecule has 4 N–H and O–H groups in total. The molecule has 0 bridgehead atoms. The van der Waals surface area contributed by atoms with Crippen molar-refractivity contribution in [3.05, 3.63) is 0 Å². The third kappa shape index (κ3) is 9.46. The van der Waals surface area contributed by atoms with Crippen LogP contribution in [-0.4, -0.2) is 41.8 Å². The summed E-state index contributed by atoms with van der Waals surface area (Å²) < 4.78 is 9.42. The van der Waals surface area contributed by atoms with Gasteiger partial charge in [-0.05, 0) is 39.9 Å². The Bertz CT molecular complexity index is 321. The molecule has 0 saturated carbocycles. The average Bonchev–Trinajstić information content (AvgIpc) is 2.31. The molecular weight excluding hydrogens is 300 g/mol. The van der Waals surface area contributed by atoms with Gasteiger partial charge in [-0.2, -0.15) is 0 Å². The fourth-order valence-corrected chi connectivity index (χ4v) is 3.18. The fourth-order valence-electron chi connectivity index (χ4n) is 1.25. The van der Waals surface area contributed by atoms with E-state index in [0.29, 0.717) is 19.4 Å². The molecular formula is C12H24N2O4S2. The maximum Gasteiger partial charge on any atom is 0.516 e. The van der Waals surface area contributed by atoms with Crippen LogP contribution in [0.25, 0.3) is 0 Å². The van der Waals surface area contributed by atoms with Gasteiger partial charge >= 0.3 is 12.1 Å². The quantitative estimate of drug-likeness (QED) is 0.416. The first-order valence-corrected chi connectivity index (χ1v) is 8.91. The maximum absolute atomic E-state index is 11.6. The van der Waals surface area contributed by atoms with Gasteiger partial charge in [0.2, 0.25) is 0 Å². The number of ether oxygens (including phenoxy) is 2. The number of esters is 1. The summed E-state index contributed by atoms with van der Waals surface area (Å²) in [6.07, 6.45) is 2.04. The van der Waals surface area contributed by atoms with Crippen molar-refractivity contribution in [1.82, 2.24) is 0 Å². The second kappa shape index (κ2) is 9.49. The van der Waals surface area contributed by atoms with E-state index in [1.54, 1.807) is 42.4 Å². The number of carbonyl (C=O) groups excluding carboxylic acids is 2. The predicted molar refractivity (Wildman–Crippen MR) is 83.5 cm³/mol. The van der Waals surface area contributed by atoms with Crippen LogP contribution in [0, 0.1) is 0 Å². The lowest BCUT2D eigenvalue weighted by Crippen LogP contribution is -2.36. The predicted octanol–water partition coefficient (Wildman–Crippen LogP) is 1.91. The van der Waals surface area contributed by atoms with Crippen LogP contribution in [-0.2, 0) is 14.3 Å². The first-order chi connectivity index (χ1) is 9.19. The lowest BCUT2D eigenvalue weighted by molar-refractivity contribution is -0.143. The van der Waals surface area contributed by atoms with Gasteiger partial charge in [-0.25, -0.2) is 9.59 Å². The van der Waals surface area contributed by atoms with E-state index in [1.807, 2.05) is 6.26 Å². The third-order valence-corrected chi connectivity index (χ3v) is 4.46. The standard InChI is InChI=1S/C12H24N2O4S2/c1-12(2,3)18-11(16)17-10(15)9(14)6-5-8(7-13)20-19-4/h8-9H,5-7,13-14H2,1-4H3/t8-,9-/m0/s1. The van der Waals surface area contributed by atoms with Crippen LogP contribution in [0.2, 0.25) is 0 Å². The molecule has 0 heterocycles. The summed E-state index contributed by atoms with van der Waals surface area (Å²) in [5, 5.41) is 0.227. The summed E-state index contributed by atoms with van der Waals surface area (Å²) in [4.78, 5) is 22.9. The molecule has 2 atom stereocenters. The lowest BCUT2D eigenvalue weighted by Gasteiger charge is -2.19. The molecule has 0 saturated heterocycles. The van der Waals surface area contributed by atoms with E-state index in [4.69, 9.17) is 16.2 Å². The van der Waals surface area contributed by atoms with E-state index in [9.17, 15) is 9.59 Å². The van der Waals surface area contributed by atoms with E-state index >= 15 is 0 Å². The molecule has 0 aliphatic carbocycles. The third-order valence-electron chi connectivity index (χ3n) is 2.17. The van der Waals surface area contributed by atoms with Gasteiger partial charge < -0.3 is 20.9 Å². The largest absolute Gasteiger partial charge is 0.516 e. The Morgan fingerprint density at radius 3 is 2.30 bits per heavy atom. The maximum atomic E-state index is 11.6. The molecule has 0 fully saturated rings. The van der Waals surface area contributed by atoms with Crippen molar-refractivity contribution in [1.29, 1.82) is 0 Å². The topological polar surface area (TPSA) is 105 Å². The highest BCUT2D eigenvalue weighted by molar-refractivity contribution is 8.76. The van der Waals surface area contributed by atoms with E-state index in [0.717, 1.165) is 0 Å². The Labute approximate surface area is 128 Å². The number of hydrogen-bond acceptors (Lipinski definition) is 8. The van der Waals surface area contributed by atoms with Crippen molar-refractivity contribution >= 4 is 33.7 Å². The van der Waals surface area contributed by atoms with Crippen LogP contribution in [0.15, 0.2) is 0 Å². The highest BCUT2D eigenvalue weighted by Crippen LogP contribution is 2.26. The van der Waals surface area contributed by atoms with Crippen molar-refractivity contribution < 1.29 is 19.1 Å². The van der Waals surface area contributed by atoms with Gasteiger partial charge in [0.05, 0.1) is 0 Å².